The summed E-state index contributed by atoms with van der Waals surface area (Å²) < 4.78 is 0. The lowest BCUT2D eigenvalue weighted by atomic mass is 10.2. The minimum absolute atomic E-state index is 0.286. The predicted molar refractivity (Wildman–Crippen MR) is 64.2 cm³/mol. The van der Waals surface area contributed by atoms with E-state index in [-0.39, 0.29) is 12.4 Å². The summed E-state index contributed by atoms with van der Waals surface area (Å²) in [5.74, 6) is -0.390. The van der Waals surface area contributed by atoms with Crippen molar-refractivity contribution in [2.75, 3.05) is 13.1 Å². The van der Waals surface area contributed by atoms with E-state index in [2.05, 4.69) is 15.2 Å². The molecule has 0 aromatic heterocycles. The van der Waals surface area contributed by atoms with Crippen LogP contribution in [-0.4, -0.2) is 19.1 Å². The lowest BCUT2D eigenvalue weighted by Crippen LogP contribution is -2.05. The predicted octanol–water partition coefficient (Wildman–Crippen LogP) is 1.88. The van der Waals surface area contributed by atoms with Gasteiger partial charge in [-0.1, -0.05) is 30.3 Å². The SMILES string of the molecule is NCCCC(=O)ON=NCCc1ccccc1. The van der Waals surface area contributed by atoms with Gasteiger partial charge >= 0.3 is 5.97 Å². The van der Waals surface area contributed by atoms with Crippen LogP contribution in [0.3, 0.4) is 0 Å². The van der Waals surface area contributed by atoms with Crippen LogP contribution in [0.5, 0.6) is 0 Å². The van der Waals surface area contributed by atoms with Gasteiger partial charge in [0.2, 0.25) is 0 Å². The van der Waals surface area contributed by atoms with Gasteiger partial charge in [0.05, 0.1) is 6.54 Å². The molecule has 5 nitrogen and oxygen atoms in total. The van der Waals surface area contributed by atoms with E-state index in [1.165, 1.54) is 5.56 Å². The molecule has 0 spiro atoms. The van der Waals surface area contributed by atoms with E-state index in [4.69, 9.17) is 5.73 Å². The third-order valence-corrected chi connectivity index (χ3v) is 2.13. The molecular formula is C12H17N3O2. The Labute approximate surface area is 101 Å². The van der Waals surface area contributed by atoms with E-state index in [1.54, 1.807) is 0 Å². The van der Waals surface area contributed by atoms with Crippen LogP contribution in [0.1, 0.15) is 18.4 Å². The molecular weight excluding hydrogens is 218 g/mol. The number of benzene rings is 1. The summed E-state index contributed by atoms with van der Waals surface area (Å²) in [6, 6.07) is 9.94. The Balaban J connectivity index is 2.12. The maximum Gasteiger partial charge on any atom is 0.337 e. The van der Waals surface area contributed by atoms with Crippen molar-refractivity contribution in [2.24, 2.45) is 16.1 Å². The van der Waals surface area contributed by atoms with Crippen LogP contribution in [-0.2, 0) is 16.1 Å². The fourth-order valence-corrected chi connectivity index (χ4v) is 1.23. The Morgan fingerprint density at radius 1 is 1.29 bits per heavy atom. The summed E-state index contributed by atoms with van der Waals surface area (Å²) in [4.78, 5) is 15.5. The summed E-state index contributed by atoms with van der Waals surface area (Å²) in [7, 11) is 0. The van der Waals surface area contributed by atoms with E-state index in [0.717, 1.165) is 6.42 Å². The molecule has 17 heavy (non-hydrogen) atoms. The van der Waals surface area contributed by atoms with Gasteiger partial charge in [-0.15, -0.1) is 0 Å². The number of nitrogens with zero attached hydrogens (tertiary/aromatic N) is 2. The largest absolute Gasteiger partial charge is 0.337 e. The molecule has 2 N–H and O–H groups in total. The van der Waals surface area contributed by atoms with Crippen molar-refractivity contribution >= 4 is 5.97 Å². The van der Waals surface area contributed by atoms with Crippen molar-refractivity contribution in [3.8, 4) is 0 Å². The van der Waals surface area contributed by atoms with E-state index in [1.807, 2.05) is 30.3 Å². The fraction of sp³-hybridized carbons (Fsp3) is 0.417. The van der Waals surface area contributed by atoms with Crippen LogP contribution in [0, 0.1) is 0 Å². The highest BCUT2D eigenvalue weighted by Gasteiger charge is 2.00. The lowest BCUT2D eigenvalue weighted by molar-refractivity contribution is -0.144. The zero-order valence-corrected chi connectivity index (χ0v) is 9.71. The summed E-state index contributed by atoms with van der Waals surface area (Å²) >= 11 is 0. The smallest absolute Gasteiger partial charge is 0.330 e. The zero-order valence-electron chi connectivity index (χ0n) is 9.71. The number of rotatable bonds is 7. The van der Waals surface area contributed by atoms with E-state index >= 15 is 0 Å². The standard InChI is InChI=1S/C12H17N3O2/c13-9-4-7-12(16)17-15-14-10-8-11-5-2-1-3-6-11/h1-3,5-6H,4,7-10,13H2. The van der Waals surface area contributed by atoms with Gasteiger partial charge < -0.3 is 10.6 Å². The van der Waals surface area contributed by atoms with Crippen molar-refractivity contribution in [1.29, 1.82) is 0 Å². The van der Waals surface area contributed by atoms with Crippen LogP contribution in [0.4, 0.5) is 0 Å². The van der Waals surface area contributed by atoms with Gasteiger partial charge in [-0.2, -0.15) is 5.11 Å². The Hall–Kier alpha value is -1.75. The van der Waals surface area contributed by atoms with Crippen LogP contribution in [0.15, 0.2) is 40.7 Å². The lowest BCUT2D eigenvalue weighted by Gasteiger charge is -1.96. The number of carbonyl (C=O) groups is 1. The van der Waals surface area contributed by atoms with Crippen molar-refractivity contribution < 1.29 is 9.63 Å². The third-order valence-electron chi connectivity index (χ3n) is 2.13. The van der Waals surface area contributed by atoms with Crippen molar-refractivity contribution in [3.05, 3.63) is 35.9 Å². The van der Waals surface area contributed by atoms with Gasteiger partial charge in [-0.25, -0.2) is 4.79 Å². The molecule has 0 atom stereocenters. The Kier molecular flexibility index (Phi) is 6.59. The average molecular weight is 235 g/mol. The Morgan fingerprint density at radius 3 is 2.76 bits per heavy atom. The normalized spacial score (nSPS) is 10.6. The topological polar surface area (TPSA) is 77.0 Å². The number of hydrogen-bond donors (Lipinski definition) is 1. The van der Waals surface area contributed by atoms with Gasteiger partial charge in [0.15, 0.2) is 0 Å². The van der Waals surface area contributed by atoms with E-state index in [0.29, 0.717) is 19.5 Å². The van der Waals surface area contributed by atoms with Crippen LogP contribution in [0.25, 0.3) is 0 Å². The zero-order chi connectivity index (χ0) is 12.3. The number of nitrogens with two attached hydrogens (primary N) is 1. The number of carbonyl (C=O) groups excluding carboxylic acids is 1. The van der Waals surface area contributed by atoms with E-state index in [9.17, 15) is 4.79 Å². The second-order valence-electron chi connectivity index (χ2n) is 3.54. The highest BCUT2D eigenvalue weighted by atomic mass is 16.7. The first kappa shape index (κ1) is 13.3. The molecule has 0 aliphatic rings. The molecule has 0 aliphatic carbocycles. The third kappa shape index (κ3) is 6.42. The van der Waals surface area contributed by atoms with Crippen molar-refractivity contribution in [3.63, 3.8) is 0 Å². The van der Waals surface area contributed by atoms with Gasteiger partial charge in [0, 0.05) is 11.7 Å². The van der Waals surface area contributed by atoms with E-state index < -0.39 is 0 Å². The molecule has 0 unspecified atom stereocenters. The molecule has 0 heterocycles. The molecule has 0 fully saturated rings. The molecule has 0 bridgehead atoms. The second-order valence-corrected chi connectivity index (χ2v) is 3.54. The monoisotopic (exact) mass is 235 g/mol. The molecule has 1 rings (SSSR count). The van der Waals surface area contributed by atoms with Gasteiger partial charge in [0.25, 0.3) is 0 Å². The second kappa shape index (κ2) is 8.41. The van der Waals surface area contributed by atoms with Crippen LogP contribution >= 0.6 is 0 Å². The highest BCUT2D eigenvalue weighted by Crippen LogP contribution is 2.00. The molecule has 1 aromatic rings. The summed E-state index contributed by atoms with van der Waals surface area (Å²) in [6.07, 6.45) is 1.68. The van der Waals surface area contributed by atoms with Crippen LogP contribution in [0.2, 0.25) is 0 Å². The van der Waals surface area contributed by atoms with Gasteiger partial charge in [-0.3, -0.25) is 0 Å². The molecule has 0 radical (unpaired) electrons. The van der Waals surface area contributed by atoms with Crippen molar-refractivity contribution in [2.45, 2.75) is 19.3 Å². The van der Waals surface area contributed by atoms with Gasteiger partial charge in [0.1, 0.15) is 0 Å². The van der Waals surface area contributed by atoms with Crippen molar-refractivity contribution in [1.82, 2.24) is 0 Å². The molecule has 0 saturated heterocycles. The molecule has 5 heteroatoms. The molecule has 1 aromatic carbocycles. The highest BCUT2D eigenvalue weighted by molar-refractivity contribution is 5.68. The van der Waals surface area contributed by atoms with Crippen LogP contribution < -0.4 is 5.73 Å². The quantitative estimate of drug-likeness (QED) is 0.579. The molecule has 0 amide bonds. The number of hydrogen-bond acceptors (Lipinski definition) is 5. The first-order valence-corrected chi connectivity index (χ1v) is 5.63. The first-order chi connectivity index (χ1) is 8.33. The van der Waals surface area contributed by atoms with Gasteiger partial charge in [-0.05, 0) is 24.9 Å². The summed E-state index contributed by atoms with van der Waals surface area (Å²) in [5, 5.41) is 7.14. The molecule has 92 valence electrons. The Bertz CT molecular complexity index is 352. The molecule has 0 aliphatic heterocycles. The summed E-state index contributed by atoms with van der Waals surface area (Å²) in [6.45, 7) is 0.981. The first-order valence-electron chi connectivity index (χ1n) is 5.63. The Morgan fingerprint density at radius 2 is 2.06 bits per heavy atom. The minimum Gasteiger partial charge on any atom is -0.330 e. The average Bonchev–Trinajstić information content (AvgIpc) is 2.37. The maximum absolute atomic E-state index is 11.0. The molecule has 0 saturated carbocycles. The maximum atomic E-state index is 11.0. The fourth-order valence-electron chi connectivity index (χ4n) is 1.23. The minimum atomic E-state index is -0.390. The summed E-state index contributed by atoms with van der Waals surface area (Å²) in [5.41, 5.74) is 6.44.